The smallest absolute Gasteiger partial charge is 0.144 e. The van der Waals surface area contributed by atoms with Gasteiger partial charge in [0.05, 0.1) is 6.20 Å². The van der Waals surface area contributed by atoms with Crippen LogP contribution in [0.4, 0.5) is 5.82 Å². The Morgan fingerprint density at radius 2 is 2.22 bits per heavy atom. The van der Waals surface area contributed by atoms with Crippen molar-refractivity contribution in [2.24, 2.45) is 0 Å². The summed E-state index contributed by atoms with van der Waals surface area (Å²) in [6.45, 7) is 4.31. The van der Waals surface area contributed by atoms with Crippen LogP contribution in [0.5, 0.6) is 0 Å². The summed E-state index contributed by atoms with van der Waals surface area (Å²) in [4.78, 5) is 10.8. The molecule has 1 N–H and O–H groups in total. The van der Waals surface area contributed by atoms with E-state index in [0.717, 1.165) is 38.5 Å². The fourth-order valence-corrected chi connectivity index (χ4v) is 2.32. The van der Waals surface area contributed by atoms with Gasteiger partial charge in [0.2, 0.25) is 0 Å². The first kappa shape index (κ1) is 13.2. The Kier molecular flexibility index (Phi) is 5.36. The summed E-state index contributed by atoms with van der Waals surface area (Å²) >= 11 is 0. The molecule has 5 nitrogen and oxygen atoms in total. The molecule has 5 heteroatoms. The van der Waals surface area contributed by atoms with Crippen LogP contribution in [0.2, 0.25) is 0 Å². The summed E-state index contributed by atoms with van der Waals surface area (Å²) in [5.74, 6) is 0.885. The molecule has 1 aromatic heterocycles. The third-order valence-corrected chi connectivity index (χ3v) is 3.33. The molecule has 0 aromatic carbocycles. The van der Waals surface area contributed by atoms with Gasteiger partial charge in [0, 0.05) is 51.8 Å². The number of nitrogens with one attached hydrogen (secondary N) is 1. The van der Waals surface area contributed by atoms with Gasteiger partial charge in [-0.1, -0.05) is 0 Å². The summed E-state index contributed by atoms with van der Waals surface area (Å²) in [6.07, 6.45) is 8.67. The highest BCUT2D eigenvalue weighted by Gasteiger charge is 2.18. The first-order chi connectivity index (χ1) is 8.88. The van der Waals surface area contributed by atoms with Crippen molar-refractivity contribution in [3.63, 3.8) is 0 Å². The third kappa shape index (κ3) is 4.23. The Labute approximate surface area is 109 Å². The van der Waals surface area contributed by atoms with Crippen LogP contribution in [0.25, 0.3) is 0 Å². The van der Waals surface area contributed by atoms with E-state index in [0.29, 0.717) is 6.04 Å². The van der Waals surface area contributed by atoms with Gasteiger partial charge in [0.25, 0.3) is 0 Å². The Bertz CT molecular complexity index is 325. The zero-order chi connectivity index (χ0) is 12.6. The predicted octanol–water partition coefficient (Wildman–Crippen LogP) is 1.39. The van der Waals surface area contributed by atoms with Gasteiger partial charge in [-0.05, 0) is 19.3 Å². The molecule has 1 aromatic rings. The SMILES string of the molecule is COCCCN1CCC(Nc2cnccn2)CC1. The second-order valence-electron chi connectivity index (χ2n) is 4.70. The first-order valence-corrected chi connectivity index (χ1v) is 6.62. The highest BCUT2D eigenvalue weighted by Crippen LogP contribution is 2.14. The number of piperidine rings is 1. The molecule has 0 unspecified atom stereocenters. The number of ether oxygens (including phenoxy) is 1. The Balaban J connectivity index is 1.67. The first-order valence-electron chi connectivity index (χ1n) is 6.62. The average molecular weight is 250 g/mol. The van der Waals surface area contributed by atoms with E-state index < -0.39 is 0 Å². The maximum Gasteiger partial charge on any atom is 0.144 e. The monoisotopic (exact) mass is 250 g/mol. The van der Waals surface area contributed by atoms with Crippen LogP contribution in [0.15, 0.2) is 18.6 Å². The Morgan fingerprint density at radius 1 is 1.39 bits per heavy atom. The van der Waals surface area contributed by atoms with Crippen molar-refractivity contribution in [2.45, 2.75) is 25.3 Å². The van der Waals surface area contributed by atoms with E-state index in [9.17, 15) is 0 Å². The number of aromatic nitrogens is 2. The average Bonchev–Trinajstić information content (AvgIpc) is 2.42. The predicted molar refractivity (Wildman–Crippen MR) is 71.6 cm³/mol. The molecule has 2 rings (SSSR count). The van der Waals surface area contributed by atoms with Crippen molar-refractivity contribution in [2.75, 3.05) is 38.7 Å². The van der Waals surface area contributed by atoms with Crippen LogP contribution in [-0.4, -0.2) is 54.3 Å². The normalized spacial score (nSPS) is 17.8. The topological polar surface area (TPSA) is 50.3 Å². The van der Waals surface area contributed by atoms with Crippen molar-refractivity contribution < 1.29 is 4.74 Å². The van der Waals surface area contributed by atoms with Crippen molar-refractivity contribution in [1.29, 1.82) is 0 Å². The number of hydrogen-bond acceptors (Lipinski definition) is 5. The van der Waals surface area contributed by atoms with Crippen molar-refractivity contribution in [1.82, 2.24) is 14.9 Å². The van der Waals surface area contributed by atoms with Gasteiger partial charge in [-0.2, -0.15) is 0 Å². The molecule has 2 heterocycles. The lowest BCUT2D eigenvalue weighted by Gasteiger charge is -2.32. The number of rotatable bonds is 6. The molecule has 0 bridgehead atoms. The maximum absolute atomic E-state index is 5.08. The zero-order valence-electron chi connectivity index (χ0n) is 11.0. The van der Waals surface area contributed by atoms with E-state index in [1.807, 2.05) is 0 Å². The minimum Gasteiger partial charge on any atom is -0.385 e. The van der Waals surface area contributed by atoms with Crippen LogP contribution in [-0.2, 0) is 4.74 Å². The zero-order valence-corrected chi connectivity index (χ0v) is 11.0. The molecule has 0 radical (unpaired) electrons. The van der Waals surface area contributed by atoms with Gasteiger partial charge in [0.15, 0.2) is 0 Å². The molecule has 0 saturated carbocycles. The second kappa shape index (κ2) is 7.28. The van der Waals surface area contributed by atoms with Crippen LogP contribution >= 0.6 is 0 Å². The number of nitrogens with zero attached hydrogens (tertiary/aromatic N) is 3. The van der Waals surface area contributed by atoms with E-state index >= 15 is 0 Å². The number of methoxy groups -OCH3 is 1. The molecule has 1 aliphatic rings. The van der Waals surface area contributed by atoms with Gasteiger partial charge in [-0.15, -0.1) is 0 Å². The molecule has 1 saturated heterocycles. The van der Waals surface area contributed by atoms with Gasteiger partial charge in [-0.25, -0.2) is 4.98 Å². The number of hydrogen-bond donors (Lipinski definition) is 1. The van der Waals surface area contributed by atoms with Crippen LogP contribution in [0, 0.1) is 0 Å². The molecule has 0 aliphatic carbocycles. The summed E-state index contributed by atoms with van der Waals surface area (Å²) in [7, 11) is 1.76. The highest BCUT2D eigenvalue weighted by molar-refractivity contribution is 5.31. The minimum absolute atomic E-state index is 0.528. The van der Waals surface area contributed by atoms with Crippen molar-refractivity contribution in [3.8, 4) is 0 Å². The molecular formula is C13H22N4O. The number of likely N-dealkylation sites (tertiary alicyclic amines) is 1. The van der Waals surface area contributed by atoms with Crippen LogP contribution in [0.1, 0.15) is 19.3 Å². The van der Waals surface area contributed by atoms with Crippen molar-refractivity contribution >= 4 is 5.82 Å². The van der Waals surface area contributed by atoms with Gasteiger partial charge in [-0.3, -0.25) is 4.98 Å². The fraction of sp³-hybridized carbons (Fsp3) is 0.692. The molecule has 100 valence electrons. The quantitative estimate of drug-likeness (QED) is 0.773. The van der Waals surface area contributed by atoms with Crippen molar-refractivity contribution in [3.05, 3.63) is 18.6 Å². The molecule has 0 spiro atoms. The molecule has 1 fully saturated rings. The standard InChI is InChI=1S/C13H22N4O/c1-18-10-2-7-17-8-3-12(4-9-17)16-13-11-14-5-6-15-13/h5-6,11-12H,2-4,7-10H2,1H3,(H,15,16). The molecule has 0 amide bonds. The lowest BCUT2D eigenvalue weighted by molar-refractivity contribution is 0.159. The molecule has 1 aliphatic heterocycles. The van der Waals surface area contributed by atoms with Crippen LogP contribution < -0.4 is 5.32 Å². The van der Waals surface area contributed by atoms with E-state index in [4.69, 9.17) is 4.74 Å². The van der Waals surface area contributed by atoms with Gasteiger partial charge < -0.3 is 15.0 Å². The lowest BCUT2D eigenvalue weighted by Crippen LogP contribution is -2.39. The summed E-state index contributed by atoms with van der Waals surface area (Å²) in [5.41, 5.74) is 0. The maximum atomic E-state index is 5.08. The Hall–Kier alpha value is -1.20. The van der Waals surface area contributed by atoms with Crippen LogP contribution in [0.3, 0.4) is 0 Å². The largest absolute Gasteiger partial charge is 0.385 e. The van der Waals surface area contributed by atoms with E-state index in [-0.39, 0.29) is 0 Å². The summed E-state index contributed by atoms with van der Waals surface area (Å²) < 4.78 is 5.08. The molecule has 0 atom stereocenters. The highest BCUT2D eigenvalue weighted by atomic mass is 16.5. The Morgan fingerprint density at radius 3 is 2.89 bits per heavy atom. The molecule has 18 heavy (non-hydrogen) atoms. The van der Waals surface area contributed by atoms with E-state index in [1.165, 1.54) is 12.8 Å². The fourth-order valence-electron chi connectivity index (χ4n) is 2.32. The van der Waals surface area contributed by atoms with Gasteiger partial charge in [0.1, 0.15) is 5.82 Å². The summed E-state index contributed by atoms with van der Waals surface area (Å²) in [6, 6.07) is 0.528. The minimum atomic E-state index is 0.528. The second-order valence-corrected chi connectivity index (χ2v) is 4.70. The van der Waals surface area contributed by atoms with E-state index in [1.54, 1.807) is 25.7 Å². The third-order valence-electron chi connectivity index (χ3n) is 3.33. The molecular weight excluding hydrogens is 228 g/mol. The van der Waals surface area contributed by atoms with Gasteiger partial charge >= 0.3 is 0 Å². The number of anilines is 1. The lowest BCUT2D eigenvalue weighted by atomic mass is 10.0. The van der Waals surface area contributed by atoms with E-state index in [2.05, 4.69) is 20.2 Å². The summed E-state index contributed by atoms with van der Waals surface area (Å²) in [5, 5.41) is 3.44.